The largest absolute Gasteiger partial charge is 0.224 e. The van der Waals surface area contributed by atoms with Crippen LogP contribution in [0.4, 0.5) is 0 Å². The number of sulfone groups is 1. The second-order valence-electron chi connectivity index (χ2n) is 2.19. The van der Waals surface area contributed by atoms with Crippen LogP contribution in [-0.2, 0) is 9.84 Å². The van der Waals surface area contributed by atoms with E-state index in [4.69, 9.17) is 0 Å². The van der Waals surface area contributed by atoms with E-state index in [-0.39, 0.29) is 5.25 Å². The molecule has 0 unspecified atom stereocenters. The van der Waals surface area contributed by atoms with Crippen molar-refractivity contribution in [2.24, 2.45) is 0 Å². The zero-order chi connectivity index (χ0) is 8.20. The van der Waals surface area contributed by atoms with Crippen molar-refractivity contribution < 1.29 is 8.42 Å². The fourth-order valence-corrected chi connectivity index (χ4v) is 2.09. The van der Waals surface area contributed by atoms with Gasteiger partial charge in [0.15, 0.2) is 9.84 Å². The molecule has 0 spiro atoms. The second-order valence-corrected chi connectivity index (χ2v) is 4.37. The molecule has 0 saturated heterocycles. The Morgan fingerprint density at radius 1 is 1.40 bits per heavy atom. The van der Waals surface area contributed by atoms with Crippen LogP contribution in [-0.4, -0.2) is 13.7 Å². The Hall–Kier alpha value is -0.310. The van der Waals surface area contributed by atoms with Crippen LogP contribution in [0, 0.1) is 0 Å². The van der Waals surface area contributed by atoms with Crippen LogP contribution in [0.3, 0.4) is 0 Å². The van der Waals surface area contributed by atoms with Gasteiger partial charge >= 0.3 is 0 Å². The highest BCUT2D eigenvalue weighted by molar-refractivity contribution is 7.94. The smallest absolute Gasteiger partial charge is 0.173 e. The van der Waals surface area contributed by atoms with Crippen molar-refractivity contribution in [2.45, 2.75) is 31.9 Å². The van der Waals surface area contributed by atoms with Gasteiger partial charge in [-0.25, -0.2) is 8.42 Å². The van der Waals surface area contributed by atoms with Gasteiger partial charge in [-0.05, 0) is 12.8 Å². The van der Waals surface area contributed by atoms with Gasteiger partial charge in [0.2, 0.25) is 0 Å². The molecule has 0 aromatic heterocycles. The third kappa shape index (κ3) is 2.14. The predicted octanol–water partition coefficient (Wildman–Crippen LogP) is 1.73. The minimum absolute atomic E-state index is 0.231. The average Bonchev–Trinajstić information content (AvgIpc) is 1.90. The minimum Gasteiger partial charge on any atom is -0.224 e. The van der Waals surface area contributed by atoms with Crippen LogP contribution in [0.25, 0.3) is 0 Å². The molecule has 0 aliphatic rings. The summed E-state index contributed by atoms with van der Waals surface area (Å²) in [5.41, 5.74) is 0. The van der Waals surface area contributed by atoms with Crippen molar-refractivity contribution in [1.82, 2.24) is 0 Å². The molecule has 0 atom stereocenters. The summed E-state index contributed by atoms with van der Waals surface area (Å²) in [6, 6.07) is 0. The van der Waals surface area contributed by atoms with Crippen LogP contribution in [0.5, 0.6) is 0 Å². The van der Waals surface area contributed by atoms with Gasteiger partial charge in [0.05, 0.1) is 5.25 Å². The summed E-state index contributed by atoms with van der Waals surface area (Å²) in [5, 5.41) is 0.815. The zero-order valence-corrected chi connectivity index (χ0v) is 7.32. The van der Waals surface area contributed by atoms with Crippen molar-refractivity contribution in [3.63, 3.8) is 0 Å². The number of hydrogen-bond acceptors (Lipinski definition) is 2. The van der Waals surface area contributed by atoms with Crippen LogP contribution in [0.1, 0.15) is 26.7 Å². The lowest BCUT2D eigenvalue weighted by Gasteiger charge is -2.08. The highest BCUT2D eigenvalue weighted by Gasteiger charge is 2.17. The van der Waals surface area contributed by atoms with E-state index < -0.39 is 9.84 Å². The van der Waals surface area contributed by atoms with Crippen LogP contribution >= 0.6 is 0 Å². The molecule has 0 heterocycles. The lowest BCUT2D eigenvalue weighted by Crippen LogP contribution is -2.16. The molecular formula is C7H14O2S. The van der Waals surface area contributed by atoms with Gasteiger partial charge in [0, 0.05) is 5.41 Å². The Balaban J connectivity index is 4.43. The third-order valence-corrected chi connectivity index (χ3v) is 3.67. The first-order valence-electron chi connectivity index (χ1n) is 3.44. The molecule has 0 saturated carbocycles. The van der Waals surface area contributed by atoms with Crippen molar-refractivity contribution in [3.05, 3.63) is 12.0 Å². The minimum atomic E-state index is -3.00. The molecule has 10 heavy (non-hydrogen) atoms. The van der Waals surface area contributed by atoms with Gasteiger partial charge < -0.3 is 0 Å². The van der Waals surface area contributed by atoms with Gasteiger partial charge in [0.1, 0.15) is 0 Å². The highest BCUT2D eigenvalue weighted by atomic mass is 32.2. The third-order valence-electron chi connectivity index (χ3n) is 1.61. The fraction of sp³-hybridized carbons (Fsp3) is 0.714. The van der Waals surface area contributed by atoms with E-state index in [1.807, 2.05) is 13.8 Å². The molecule has 2 nitrogen and oxygen atoms in total. The lowest BCUT2D eigenvalue weighted by molar-refractivity contribution is 0.581. The van der Waals surface area contributed by atoms with E-state index in [2.05, 4.69) is 6.58 Å². The van der Waals surface area contributed by atoms with Gasteiger partial charge in [-0.3, -0.25) is 0 Å². The van der Waals surface area contributed by atoms with E-state index in [0.29, 0.717) is 12.8 Å². The molecule has 0 aliphatic heterocycles. The first kappa shape index (κ1) is 9.69. The van der Waals surface area contributed by atoms with Crippen molar-refractivity contribution in [3.8, 4) is 0 Å². The Morgan fingerprint density at radius 3 is 1.90 bits per heavy atom. The summed E-state index contributed by atoms with van der Waals surface area (Å²) in [7, 11) is -3.00. The van der Waals surface area contributed by atoms with Crippen molar-refractivity contribution >= 4 is 9.84 Å². The molecule has 60 valence electrons. The van der Waals surface area contributed by atoms with Crippen LogP contribution in [0.2, 0.25) is 0 Å². The molecule has 0 amide bonds. The summed E-state index contributed by atoms with van der Waals surface area (Å²) >= 11 is 0. The Bertz CT molecular complexity index is 188. The maximum atomic E-state index is 11.0. The van der Waals surface area contributed by atoms with E-state index in [9.17, 15) is 8.42 Å². The SMILES string of the molecule is C=CS(=O)(=O)C(CC)CC. The Kier molecular flexibility index (Phi) is 3.64. The van der Waals surface area contributed by atoms with Crippen LogP contribution < -0.4 is 0 Å². The highest BCUT2D eigenvalue weighted by Crippen LogP contribution is 2.10. The molecule has 0 bridgehead atoms. The lowest BCUT2D eigenvalue weighted by atomic mass is 10.3. The molecule has 0 aromatic carbocycles. The maximum Gasteiger partial charge on any atom is 0.173 e. The van der Waals surface area contributed by atoms with Crippen molar-refractivity contribution in [1.29, 1.82) is 0 Å². The monoisotopic (exact) mass is 162 g/mol. The van der Waals surface area contributed by atoms with E-state index in [1.165, 1.54) is 0 Å². The van der Waals surface area contributed by atoms with E-state index >= 15 is 0 Å². The van der Waals surface area contributed by atoms with Gasteiger partial charge in [-0.1, -0.05) is 20.4 Å². The second kappa shape index (κ2) is 3.76. The fourth-order valence-electron chi connectivity index (χ4n) is 0.889. The molecule has 0 N–H and O–H groups in total. The van der Waals surface area contributed by atoms with Gasteiger partial charge in [-0.15, -0.1) is 0 Å². The van der Waals surface area contributed by atoms with E-state index in [1.54, 1.807) is 0 Å². The zero-order valence-electron chi connectivity index (χ0n) is 6.50. The summed E-state index contributed by atoms with van der Waals surface area (Å²) in [6.45, 7) is 7.00. The Morgan fingerprint density at radius 2 is 1.80 bits per heavy atom. The summed E-state index contributed by atoms with van der Waals surface area (Å²) in [5.74, 6) is 0. The maximum absolute atomic E-state index is 11.0. The molecule has 0 fully saturated rings. The van der Waals surface area contributed by atoms with Gasteiger partial charge in [0.25, 0.3) is 0 Å². The average molecular weight is 162 g/mol. The molecular weight excluding hydrogens is 148 g/mol. The summed E-state index contributed by atoms with van der Waals surface area (Å²) in [6.07, 6.45) is 1.34. The standard InChI is InChI=1S/C7H14O2S/c1-4-7(5-2)10(8,9)6-3/h6-7H,3-5H2,1-2H3. The normalized spacial score (nSPS) is 11.9. The molecule has 0 radical (unpaired) electrons. The number of hydrogen-bond donors (Lipinski definition) is 0. The summed E-state index contributed by atoms with van der Waals surface area (Å²) in [4.78, 5) is 0. The first-order chi connectivity index (χ1) is 4.58. The molecule has 0 aromatic rings. The molecule has 3 heteroatoms. The van der Waals surface area contributed by atoms with Crippen molar-refractivity contribution in [2.75, 3.05) is 0 Å². The first-order valence-corrected chi connectivity index (χ1v) is 5.05. The van der Waals surface area contributed by atoms with Gasteiger partial charge in [-0.2, -0.15) is 0 Å². The predicted molar refractivity (Wildman–Crippen MR) is 43.5 cm³/mol. The number of rotatable bonds is 4. The molecule has 0 rings (SSSR count). The quantitative estimate of drug-likeness (QED) is 0.631. The van der Waals surface area contributed by atoms with E-state index in [0.717, 1.165) is 5.41 Å². The van der Waals surface area contributed by atoms with Crippen LogP contribution in [0.15, 0.2) is 12.0 Å². The Labute approximate surface area is 62.9 Å². The summed E-state index contributed by atoms with van der Waals surface area (Å²) < 4.78 is 22.1. The molecule has 0 aliphatic carbocycles. The topological polar surface area (TPSA) is 34.1 Å².